The molecule has 0 aromatic heterocycles. The SMILES string of the molecule is C=Cc1cc(C(C)NC(=O)/C=C/c2ccc(C(C)(C)C)cc2)ccc1NS(C)(=O)=O. The van der Waals surface area contributed by atoms with Crippen LogP contribution in [0.15, 0.2) is 55.1 Å². The topological polar surface area (TPSA) is 75.3 Å². The van der Waals surface area contributed by atoms with Crippen molar-refractivity contribution in [2.75, 3.05) is 11.0 Å². The van der Waals surface area contributed by atoms with Crippen LogP contribution in [-0.2, 0) is 20.2 Å². The van der Waals surface area contributed by atoms with E-state index in [0.717, 1.165) is 17.4 Å². The Kier molecular flexibility index (Phi) is 7.26. The molecule has 0 radical (unpaired) electrons. The molecule has 5 nitrogen and oxygen atoms in total. The van der Waals surface area contributed by atoms with E-state index in [1.807, 2.05) is 19.1 Å². The molecule has 1 unspecified atom stereocenters. The van der Waals surface area contributed by atoms with Crippen molar-refractivity contribution in [1.29, 1.82) is 0 Å². The molecule has 30 heavy (non-hydrogen) atoms. The van der Waals surface area contributed by atoms with Crippen LogP contribution in [0.5, 0.6) is 0 Å². The third-order valence-electron chi connectivity index (χ3n) is 4.65. The van der Waals surface area contributed by atoms with Crippen molar-refractivity contribution in [3.63, 3.8) is 0 Å². The van der Waals surface area contributed by atoms with E-state index in [0.29, 0.717) is 11.3 Å². The summed E-state index contributed by atoms with van der Waals surface area (Å²) in [5.41, 5.74) is 4.23. The van der Waals surface area contributed by atoms with Gasteiger partial charge in [0, 0.05) is 6.08 Å². The van der Waals surface area contributed by atoms with Crippen molar-refractivity contribution < 1.29 is 13.2 Å². The molecule has 0 aliphatic carbocycles. The summed E-state index contributed by atoms with van der Waals surface area (Å²) in [6.45, 7) is 12.1. The zero-order chi connectivity index (χ0) is 22.5. The average Bonchev–Trinajstić information content (AvgIpc) is 2.65. The van der Waals surface area contributed by atoms with Crippen LogP contribution in [0.1, 0.15) is 56.0 Å². The summed E-state index contributed by atoms with van der Waals surface area (Å²) in [5.74, 6) is -0.208. The highest BCUT2D eigenvalue weighted by Crippen LogP contribution is 2.24. The van der Waals surface area contributed by atoms with Crippen molar-refractivity contribution >= 4 is 33.8 Å². The van der Waals surface area contributed by atoms with Gasteiger partial charge in [0.05, 0.1) is 18.0 Å². The van der Waals surface area contributed by atoms with E-state index < -0.39 is 10.0 Å². The third kappa shape index (κ3) is 6.88. The zero-order valence-electron chi connectivity index (χ0n) is 18.2. The maximum Gasteiger partial charge on any atom is 0.244 e. The van der Waals surface area contributed by atoms with Crippen LogP contribution in [0.4, 0.5) is 5.69 Å². The molecule has 0 saturated heterocycles. The van der Waals surface area contributed by atoms with Gasteiger partial charge in [-0.15, -0.1) is 0 Å². The minimum atomic E-state index is -3.38. The number of carbonyl (C=O) groups is 1. The summed E-state index contributed by atoms with van der Waals surface area (Å²) in [4.78, 5) is 12.3. The first-order valence-corrected chi connectivity index (χ1v) is 11.6. The first kappa shape index (κ1) is 23.4. The zero-order valence-corrected chi connectivity index (χ0v) is 19.0. The van der Waals surface area contributed by atoms with Gasteiger partial charge in [-0.1, -0.05) is 63.8 Å². The van der Waals surface area contributed by atoms with Crippen LogP contribution >= 0.6 is 0 Å². The van der Waals surface area contributed by atoms with Crippen LogP contribution in [0.3, 0.4) is 0 Å². The van der Waals surface area contributed by atoms with Gasteiger partial charge in [-0.3, -0.25) is 9.52 Å². The Morgan fingerprint density at radius 2 is 1.73 bits per heavy atom. The smallest absolute Gasteiger partial charge is 0.244 e. The second kappa shape index (κ2) is 9.30. The predicted molar refractivity (Wildman–Crippen MR) is 126 cm³/mol. The van der Waals surface area contributed by atoms with Crippen molar-refractivity contribution in [1.82, 2.24) is 5.32 Å². The first-order valence-electron chi connectivity index (χ1n) is 9.72. The number of anilines is 1. The fraction of sp³-hybridized carbons (Fsp3) is 0.292. The predicted octanol–water partition coefficient (Wildman–Crippen LogP) is 4.89. The fourth-order valence-electron chi connectivity index (χ4n) is 2.92. The molecule has 2 rings (SSSR count). The molecule has 6 heteroatoms. The summed E-state index contributed by atoms with van der Waals surface area (Å²) < 4.78 is 25.4. The van der Waals surface area contributed by atoms with Gasteiger partial charge in [0.1, 0.15) is 0 Å². The lowest BCUT2D eigenvalue weighted by molar-refractivity contribution is -0.117. The first-order chi connectivity index (χ1) is 13.9. The number of nitrogens with one attached hydrogen (secondary N) is 2. The second-order valence-electron chi connectivity index (χ2n) is 8.36. The quantitative estimate of drug-likeness (QED) is 0.619. The van der Waals surface area contributed by atoms with Gasteiger partial charge < -0.3 is 5.32 Å². The standard InChI is InChI=1S/C24H30N2O3S/c1-7-19-16-20(11-14-22(19)26-30(6,28)29)17(2)25-23(27)15-10-18-8-12-21(13-9-18)24(3,4)5/h7-17,26H,1H2,2-6H3,(H,25,27)/b15-10+. The molecule has 0 spiro atoms. The largest absolute Gasteiger partial charge is 0.346 e. The van der Waals surface area contributed by atoms with Crippen LogP contribution in [0.2, 0.25) is 0 Å². The van der Waals surface area contributed by atoms with Crippen molar-refractivity contribution in [2.45, 2.75) is 39.2 Å². The van der Waals surface area contributed by atoms with Crippen LogP contribution in [0.25, 0.3) is 12.2 Å². The monoisotopic (exact) mass is 426 g/mol. The van der Waals surface area contributed by atoms with Crippen molar-refractivity contribution in [3.05, 3.63) is 77.4 Å². The molecule has 0 saturated carbocycles. The normalized spacial score (nSPS) is 13.1. The van der Waals surface area contributed by atoms with Crippen molar-refractivity contribution in [3.8, 4) is 0 Å². The molecule has 1 atom stereocenters. The Labute approximate surface area is 180 Å². The fourth-order valence-corrected chi connectivity index (χ4v) is 3.51. The number of hydrogen-bond acceptors (Lipinski definition) is 3. The summed E-state index contributed by atoms with van der Waals surface area (Å²) in [7, 11) is -3.38. The molecular weight excluding hydrogens is 396 g/mol. The molecule has 0 aliphatic rings. The number of sulfonamides is 1. The minimum Gasteiger partial charge on any atom is -0.346 e. The Morgan fingerprint density at radius 1 is 1.10 bits per heavy atom. The molecular formula is C24H30N2O3S. The minimum absolute atomic E-state index is 0.0890. The Balaban J connectivity index is 2.06. The second-order valence-corrected chi connectivity index (χ2v) is 10.1. The van der Waals surface area contributed by atoms with E-state index in [-0.39, 0.29) is 17.4 Å². The molecule has 0 bridgehead atoms. The molecule has 0 aliphatic heterocycles. The Hall–Kier alpha value is -2.86. The lowest BCUT2D eigenvalue weighted by atomic mass is 9.87. The number of rotatable bonds is 7. The van der Waals surface area contributed by atoms with Crippen molar-refractivity contribution in [2.24, 2.45) is 0 Å². The number of carbonyl (C=O) groups excluding carboxylic acids is 1. The molecule has 0 heterocycles. The highest BCUT2D eigenvalue weighted by atomic mass is 32.2. The molecule has 2 aromatic carbocycles. The van der Waals surface area contributed by atoms with E-state index >= 15 is 0 Å². The van der Waals surface area contributed by atoms with Gasteiger partial charge in [0.2, 0.25) is 15.9 Å². The van der Waals surface area contributed by atoms with Gasteiger partial charge in [-0.25, -0.2) is 8.42 Å². The maximum absolute atomic E-state index is 12.3. The number of benzene rings is 2. The maximum atomic E-state index is 12.3. The van der Waals surface area contributed by atoms with E-state index in [2.05, 4.69) is 49.5 Å². The third-order valence-corrected chi connectivity index (χ3v) is 5.24. The van der Waals surface area contributed by atoms with Gasteiger partial charge in [0.25, 0.3) is 0 Å². The van der Waals surface area contributed by atoms with Gasteiger partial charge in [-0.2, -0.15) is 0 Å². The number of amides is 1. The van der Waals surface area contributed by atoms with E-state index in [9.17, 15) is 13.2 Å². The average molecular weight is 427 g/mol. The van der Waals surface area contributed by atoms with Crippen LogP contribution in [-0.4, -0.2) is 20.6 Å². The summed E-state index contributed by atoms with van der Waals surface area (Å²) in [6, 6.07) is 13.1. The van der Waals surface area contributed by atoms with Gasteiger partial charge >= 0.3 is 0 Å². The van der Waals surface area contributed by atoms with E-state index in [1.54, 1.807) is 30.4 Å². The summed E-state index contributed by atoms with van der Waals surface area (Å²) in [6.07, 6.45) is 5.96. The Bertz CT molecular complexity index is 1050. The van der Waals surface area contributed by atoms with Gasteiger partial charge in [0.15, 0.2) is 0 Å². The number of hydrogen-bond donors (Lipinski definition) is 2. The molecule has 1 amide bonds. The Morgan fingerprint density at radius 3 is 2.27 bits per heavy atom. The summed E-state index contributed by atoms with van der Waals surface area (Å²) >= 11 is 0. The lowest BCUT2D eigenvalue weighted by Crippen LogP contribution is -2.24. The molecule has 2 N–H and O–H groups in total. The molecule has 0 fully saturated rings. The van der Waals surface area contributed by atoms with E-state index in [4.69, 9.17) is 0 Å². The highest BCUT2D eigenvalue weighted by Gasteiger charge is 2.13. The summed E-state index contributed by atoms with van der Waals surface area (Å²) in [5, 5.41) is 2.92. The van der Waals surface area contributed by atoms with Gasteiger partial charge in [-0.05, 0) is 52.8 Å². The lowest BCUT2D eigenvalue weighted by Gasteiger charge is -2.18. The molecule has 2 aromatic rings. The highest BCUT2D eigenvalue weighted by molar-refractivity contribution is 7.92. The van der Waals surface area contributed by atoms with Crippen LogP contribution < -0.4 is 10.0 Å². The molecule has 160 valence electrons. The van der Waals surface area contributed by atoms with Crippen LogP contribution in [0, 0.1) is 0 Å². The van der Waals surface area contributed by atoms with E-state index in [1.165, 1.54) is 11.6 Å².